The summed E-state index contributed by atoms with van der Waals surface area (Å²) in [6, 6.07) is 0.399. The molecule has 1 aliphatic rings. The third kappa shape index (κ3) is 4.26. The van der Waals surface area contributed by atoms with E-state index in [0.29, 0.717) is 24.0 Å². The van der Waals surface area contributed by atoms with Gasteiger partial charge < -0.3 is 10.6 Å². The lowest BCUT2D eigenvalue weighted by Crippen LogP contribution is -2.46. The van der Waals surface area contributed by atoms with Gasteiger partial charge in [0, 0.05) is 24.4 Å². The van der Waals surface area contributed by atoms with Crippen molar-refractivity contribution < 1.29 is 4.79 Å². The van der Waals surface area contributed by atoms with Gasteiger partial charge in [-0.15, -0.1) is 0 Å². The van der Waals surface area contributed by atoms with Gasteiger partial charge in [0.15, 0.2) is 0 Å². The minimum absolute atomic E-state index is 0.223. The summed E-state index contributed by atoms with van der Waals surface area (Å²) >= 11 is 4.91. The molecule has 0 aromatic carbocycles. The van der Waals surface area contributed by atoms with Gasteiger partial charge in [-0.25, -0.2) is 0 Å². The monoisotopic (exact) mass is 256 g/mol. The number of nitrogens with zero attached hydrogens (tertiary/aromatic N) is 1. The average Bonchev–Trinajstić information content (AvgIpc) is 2.69. The lowest BCUT2D eigenvalue weighted by molar-refractivity contribution is -0.141. The molecular formula is C13H24N2OS. The molecule has 0 heterocycles. The van der Waals surface area contributed by atoms with Gasteiger partial charge in [0.05, 0.1) is 4.99 Å². The average molecular weight is 256 g/mol. The number of rotatable bonds is 4. The summed E-state index contributed by atoms with van der Waals surface area (Å²) in [4.78, 5) is 14.9. The third-order valence-corrected chi connectivity index (χ3v) is 3.47. The van der Waals surface area contributed by atoms with Crippen molar-refractivity contribution in [3.63, 3.8) is 0 Å². The summed E-state index contributed by atoms with van der Waals surface area (Å²) in [5.41, 5.74) is 5.22. The Hall–Kier alpha value is -0.640. The molecule has 0 aromatic heterocycles. The molecule has 1 amide bonds. The predicted octanol–water partition coefficient (Wildman–Crippen LogP) is 2.48. The van der Waals surface area contributed by atoms with E-state index in [1.807, 2.05) is 25.7 Å². The van der Waals surface area contributed by atoms with Gasteiger partial charge >= 0.3 is 0 Å². The second kappa shape index (κ2) is 5.80. The fraction of sp³-hybridized carbons (Fsp3) is 0.846. The van der Waals surface area contributed by atoms with Crippen LogP contribution in [0.3, 0.4) is 0 Å². The molecule has 0 bridgehead atoms. The van der Waals surface area contributed by atoms with Gasteiger partial charge in [-0.3, -0.25) is 4.79 Å². The largest absolute Gasteiger partial charge is 0.393 e. The molecule has 17 heavy (non-hydrogen) atoms. The van der Waals surface area contributed by atoms with E-state index in [4.69, 9.17) is 18.0 Å². The van der Waals surface area contributed by atoms with E-state index in [-0.39, 0.29) is 11.3 Å². The molecule has 4 heteroatoms. The summed E-state index contributed by atoms with van der Waals surface area (Å²) in [5.74, 6) is 0.223. The van der Waals surface area contributed by atoms with E-state index in [1.165, 1.54) is 12.8 Å². The van der Waals surface area contributed by atoms with Crippen molar-refractivity contribution in [3.05, 3.63) is 0 Å². The molecule has 0 radical (unpaired) electrons. The molecule has 2 N–H and O–H groups in total. The van der Waals surface area contributed by atoms with Crippen LogP contribution >= 0.6 is 12.2 Å². The fourth-order valence-corrected chi connectivity index (χ4v) is 2.42. The van der Waals surface area contributed by atoms with Crippen molar-refractivity contribution in [1.29, 1.82) is 0 Å². The Morgan fingerprint density at radius 2 is 1.88 bits per heavy atom. The molecule has 3 nitrogen and oxygen atoms in total. The second-order valence-electron chi connectivity index (χ2n) is 5.90. The number of hydrogen-bond donors (Lipinski definition) is 1. The Balaban J connectivity index is 2.70. The van der Waals surface area contributed by atoms with E-state index in [9.17, 15) is 4.79 Å². The first kappa shape index (κ1) is 14.4. The van der Waals surface area contributed by atoms with E-state index in [0.717, 1.165) is 12.8 Å². The first-order valence-electron chi connectivity index (χ1n) is 6.42. The molecule has 0 aromatic rings. The first-order valence-corrected chi connectivity index (χ1v) is 6.82. The molecule has 0 spiro atoms. The molecule has 1 saturated carbocycles. The SMILES string of the molecule is CC(C)(C)C(=O)N(CCC(N)=S)C1CCCC1. The number of nitrogens with two attached hydrogens (primary N) is 1. The zero-order valence-corrected chi connectivity index (χ0v) is 12.0. The molecule has 0 saturated heterocycles. The summed E-state index contributed by atoms with van der Waals surface area (Å²) in [7, 11) is 0. The van der Waals surface area contributed by atoms with Crippen molar-refractivity contribution in [2.24, 2.45) is 11.1 Å². The van der Waals surface area contributed by atoms with Crippen LogP contribution in [-0.4, -0.2) is 28.4 Å². The standard InChI is InChI=1S/C13H24N2OS/c1-13(2,3)12(16)15(9-8-11(14)17)10-6-4-5-7-10/h10H,4-9H2,1-3H3,(H2,14,17). The van der Waals surface area contributed by atoms with Gasteiger partial charge in [-0.2, -0.15) is 0 Å². The minimum atomic E-state index is -0.321. The van der Waals surface area contributed by atoms with Gasteiger partial charge in [0.1, 0.15) is 0 Å². The zero-order valence-electron chi connectivity index (χ0n) is 11.2. The van der Waals surface area contributed by atoms with Crippen molar-refractivity contribution in [3.8, 4) is 0 Å². The van der Waals surface area contributed by atoms with Crippen molar-refractivity contribution >= 4 is 23.1 Å². The molecule has 0 aliphatic heterocycles. The number of carbonyl (C=O) groups excluding carboxylic acids is 1. The molecule has 0 unspecified atom stereocenters. The molecule has 0 atom stereocenters. The highest BCUT2D eigenvalue weighted by Gasteiger charge is 2.32. The molecular weight excluding hydrogens is 232 g/mol. The van der Waals surface area contributed by atoms with Crippen LogP contribution < -0.4 is 5.73 Å². The highest BCUT2D eigenvalue weighted by atomic mass is 32.1. The topological polar surface area (TPSA) is 46.3 Å². The lowest BCUT2D eigenvalue weighted by Gasteiger charge is -2.34. The molecule has 1 fully saturated rings. The fourth-order valence-electron chi connectivity index (χ4n) is 2.33. The van der Waals surface area contributed by atoms with E-state index in [2.05, 4.69) is 0 Å². The van der Waals surface area contributed by atoms with Gasteiger partial charge in [-0.1, -0.05) is 45.8 Å². The maximum absolute atomic E-state index is 12.4. The van der Waals surface area contributed by atoms with Crippen molar-refractivity contribution in [2.45, 2.75) is 58.9 Å². The first-order chi connectivity index (χ1) is 7.82. The smallest absolute Gasteiger partial charge is 0.228 e. The van der Waals surface area contributed by atoms with Crippen LogP contribution in [0.4, 0.5) is 0 Å². The summed E-state index contributed by atoms with van der Waals surface area (Å²) in [6.07, 6.45) is 5.34. The summed E-state index contributed by atoms with van der Waals surface area (Å²) < 4.78 is 0. The summed E-state index contributed by atoms with van der Waals surface area (Å²) in [5, 5.41) is 0. The highest BCUT2D eigenvalue weighted by molar-refractivity contribution is 7.80. The zero-order chi connectivity index (χ0) is 13.1. The van der Waals surface area contributed by atoms with Crippen LogP contribution in [0.2, 0.25) is 0 Å². The van der Waals surface area contributed by atoms with Crippen LogP contribution in [-0.2, 0) is 4.79 Å². The van der Waals surface area contributed by atoms with Crippen LogP contribution in [0.1, 0.15) is 52.9 Å². The van der Waals surface area contributed by atoms with Crippen LogP contribution in [0.25, 0.3) is 0 Å². The number of carbonyl (C=O) groups is 1. The number of hydrogen-bond acceptors (Lipinski definition) is 2. The summed E-state index contributed by atoms with van der Waals surface area (Å²) in [6.45, 7) is 6.59. The Kier molecular flexibility index (Phi) is 4.92. The Morgan fingerprint density at radius 1 is 1.35 bits per heavy atom. The highest BCUT2D eigenvalue weighted by Crippen LogP contribution is 2.28. The maximum atomic E-state index is 12.4. The van der Waals surface area contributed by atoms with Crippen LogP contribution in [0, 0.1) is 5.41 Å². The Labute approximate surface area is 110 Å². The lowest BCUT2D eigenvalue weighted by atomic mass is 9.93. The Morgan fingerprint density at radius 3 is 2.29 bits per heavy atom. The maximum Gasteiger partial charge on any atom is 0.228 e. The van der Waals surface area contributed by atoms with Gasteiger partial charge in [0.2, 0.25) is 5.91 Å². The van der Waals surface area contributed by atoms with Crippen molar-refractivity contribution in [1.82, 2.24) is 4.90 Å². The number of thiocarbonyl (C=S) groups is 1. The van der Waals surface area contributed by atoms with Gasteiger partial charge in [0.25, 0.3) is 0 Å². The number of amides is 1. The van der Waals surface area contributed by atoms with E-state index >= 15 is 0 Å². The van der Waals surface area contributed by atoms with Gasteiger partial charge in [-0.05, 0) is 12.8 Å². The van der Waals surface area contributed by atoms with Crippen LogP contribution in [0.5, 0.6) is 0 Å². The quantitative estimate of drug-likeness (QED) is 0.786. The van der Waals surface area contributed by atoms with E-state index in [1.54, 1.807) is 0 Å². The van der Waals surface area contributed by atoms with E-state index < -0.39 is 0 Å². The predicted molar refractivity (Wildman–Crippen MR) is 74.8 cm³/mol. The Bertz CT molecular complexity index is 290. The normalized spacial score (nSPS) is 17.1. The molecule has 98 valence electrons. The third-order valence-electron chi connectivity index (χ3n) is 3.27. The molecule has 1 aliphatic carbocycles. The van der Waals surface area contributed by atoms with Crippen LogP contribution in [0.15, 0.2) is 0 Å². The van der Waals surface area contributed by atoms with Crippen molar-refractivity contribution in [2.75, 3.05) is 6.54 Å². The second-order valence-corrected chi connectivity index (χ2v) is 6.43. The molecule has 1 rings (SSSR count). The minimum Gasteiger partial charge on any atom is -0.393 e.